The number of imidazole rings is 1. The molecule has 4 saturated carbocycles. The van der Waals surface area contributed by atoms with Gasteiger partial charge in [-0.15, -0.1) is 0 Å². The van der Waals surface area contributed by atoms with E-state index in [0.29, 0.717) is 45.5 Å². The Morgan fingerprint density at radius 2 is 1.45 bits per heavy atom. The number of aromatic nitrogens is 2. The van der Waals surface area contributed by atoms with E-state index in [2.05, 4.69) is 15.6 Å². The van der Waals surface area contributed by atoms with Crippen molar-refractivity contribution in [3.63, 3.8) is 0 Å². The number of aromatic amines is 1. The van der Waals surface area contributed by atoms with Crippen molar-refractivity contribution in [3.8, 4) is 11.4 Å². The van der Waals surface area contributed by atoms with Crippen molar-refractivity contribution < 1.29 is 9.59 Å². The van der Waals surface area contributed by atoms with E-state index in [0.717, 1.165) is 28.4 Å². The zero-order valence-corrected chi connectivity index (χ0v) is 21.7. The lowest BCUT2D eigenvalue weighted by molar-refractivity contribution is -0.0119. The topological polar surface area (TPSA) is 86.9 Å². The summed E-state index contributed by atoms with van der Waals surface area (Å²) in [5, 5.41) is 6.89. The van der Waals surface area contributed by atoms with Crippen LogP contribution in [-0.2, 0) is 0 Å². The highest BCUT2D eigenvalue weighted by atomic mass is 35.5. The highest BCUT2D eigenvalue weighted by Gasteiger charge is 2.48. The van der Waals surface area contributed by atoms with Crippen molar-refractivity contribution in [2.24, 2.45) is 23.7 Å². The van der Waals surface area contributed by atoms with Crippen LogP contribution in [0.25, 0.3) is 22.4 Å². The molecule has 0 aliphatic heterocycles. The lowest BCUT2D eigenvalue weighted by Gasteiger charge is -2.54. The summed E-state index contributed by atoms with van der Waals surface area (Å²) < 4.78 is 0. The van der Waals surface area contributed by atoms with Crippen LogP contribution in [0.5, 0.6) is 0 Å². The van der Waals surface area contributed by atoms with Gasteiger partial charge < -0.3 is 15.6 Å². The largest absolute Gasteiger partial charge is 0.349 e. The minimum Gasteiger partial charge on any atom is -0.349 e. The number of halogens is 1. The molecule has 1 aromatic heterocycles. The highest BCUT2D eigenvalue weighted by Crippen LogP contribution is 2.53. The first-order valence-corrected chi connectivity index (χ1v) is 13.8. The van der Waals surface area contributed by atoms with E-state index in [1.165, 1.54) is 32.1 Å². The van der Waals surface area contributed by atoms with E-state index in [9.17, 15) is 9.59 Å². The number of rotatable bonds is 5. The molecule has 4 aliphatic rings. The Kier molecular flexibility index (Phi) is 5.73. The Balaban J connectivity index is 1.05. The van der Waals surface area contributed by atoms with Gasteiger partial charge in [-0.1, -0.05) is 23.7 Å². The van der Waals surface area contributed by atoms with E-state index >= 15 is 0 Å². The van der Waals surface area contributed by atoms with Crippen molar-refractivity contribution in [2.75, 3.05) is 5.32 Å². The first-order valence-electron chi connectivity index (χ1n) is 13.5. The third kappa shape index (κ3) is 4.37. The van der Waals surface area contributed by atoms with Gasteiger partial charge in [0, 0.05) is 33.4 Å². The minimum absolute atomic E-state index is 0.0107. The molecular formula is C31H29ClN4O2. The fourth-order valence-electron chi connectivity index (χ4n) is 7.20. The quantitative estimate of drug-likeness (QED) is 0.272. The van der Waals surface area contributed by atoms with E-state index in [1.54, 1.807) is 36.4 Å². The zero-order valence-electron chi connectivity index (χ0n) is 20.9. The number of H-pyrrole nitrogens is 1. The fourth-order valence-corrected chi connectivity index (χ4v) is 7.33. The fraction of sp³-hybridized carbons (Fsp3) is 0.323. The highest BCUT2D eigenvalue weighted by molar-refractivity contribution is 6.30. The molecule has 192 valence electrons. The van der Waals surface area contributed by atoms with Crippen LogP contribution in [0.15, 0.2) is 66.7 Å². The van der Waals surface area contributed by atoms with Gasteiger partial charge in [0.2, 0.25) is 0 Å². The molecule has 3 N–H and O–H groups in total. The summed E-state index contributed by atoms with van der Waals surface area (Å²) in [6.45, 7) is 0. The molecule has 4 bridgehead atoms. The van der Waals surface area contributed by atoms with E-state index in [-0.39, 0.29) is 11.8 Å². The molecule has 8 rings (SSSR count). The monoisotopic (exact) mass is 524 g/mol. The van der Waals surface area contributed by atoms with Crippen LogP contribution in [0.3, 0.4) is 0 Å². The average molecular weight is 525 g/mol. The second kappa shape index (κ2) is 9.28. The summed E-state index contributed by atoms with van der Waals surface area (Å²) in [6.07, 6.45) is 6.53. The number of nitrogens with one attached hydrogen (secondary N) is 3. The summed E-state index contributed by atoms with van der Waals surface area (Å²) in [5.41, 5.74) is 4.38. The Morgan fingerprint density at radius 3 is 2.13 bits per heavy atom. The smallest absolute Gasteiger partial charge is 0.255 e. The number of carbonyl (C=O) groups excluding carboxylic acids is 2. The van der Waals surface area contributed by atoms with Gasteiger partial charge in [0.05, 0.1) is 11.0 Å². The van der Waals surface area contributed by atoms with Crippen LogP contribution in [0.1, 0.15) is 52.8 Å². The molecule has 38 heavy (non-hydrogen) atoms. The predicted molar refractivity (Wildman–Crippen MR) is 149 cm³/mol. The number of anilines is 1. The maximum atomic E-state index is 13.2. The zero-order chi connectivity index (χ0) is 25.8. The molecule has 0 saturated heterocycles. The molecule has 4 fully saturated rings. The summed E-state index contributed by atoms with van der Waals surface area (Å²) in [4.78, 5) is 33.9. The number of nitrogens with zero attached hydrogens (tertiary/aromatic N) is 1. The standard InChI is InChI=1S/C31H29ClN4O2/c32-24-6-8-25(9-7-24)33-30(37)20-3-1-19(2-4-20)29-34-26-10-5-21(16-27(26)35-29)31(38)36-28-22-12-17-11-18(14-22)15-23(28)13-17/h1-10,16-18,22-23,28H,11-15H2,(H,33,37)(H,34,35)(H,36,38). The average Bonchev–Trinajstić information content (AvgIpc) is 3.35. The second-order valence-electron chi connectivity index (χ2n) is 11.3. The normalized spacial score (nSPS) is 25.4. The third-order valence-electron chi connectivity index (χ3n) is 8.79. The molecular weight excluding hydrogens is 496 g/mol. The van der Waals surface area contributed by atoms with Crippen molar-refractivity contribution in [1.82, 2.24) is 15.3 Å². The summed E-state index contributed by atoms with van der Waals surface area (Å²) in [7, 11) is 0. The first kappa shape index (κ1) is 23.5. The molecule has 2 amide bonds. The van der Waals surface area contributed by atoms with Crippen LogP contribution in [0, 0.1) is 23.7 Å². The molecule has 0 atom stereocenters. The van der Waals surface area contributed by atoms with Gasteiger partial charge in [0.1, 0.15) is 5.82 Å². The lowest BCUT2D eigenvalue weighted by Crippen LogP contribution is -2.55. The number of amides is 2. The molecule has 3 aromatic carbocycles. The van der Waals surface area contributed by atoms with Gasteiger partial charge in [-0.25, -0.2) is 4.98 Å². The molecule has 0 spiro atoms. The van der Waals surface area contributed by atoms with Gasteiger partial charge in [0.15, 0.2) is 0 Å². The van der Waals surface area contributed by atoms with Crippen LogP contribution < -0.4 is 10.6 Å². The Bertz CT molecular complexity index is 1500. The maximum Gasteiger partial charge on any atom is 0.255 e. The number of hydrogen-bond acceptors (Lipinski definition) is 3. The molecule has 4 aromatic rings. The molecule has 4 aliphatic carbocycles. The molecule has 6 nitrogen and oxygen atoms in total. The van der Waals surface area contributed by atoms with Crippen LogP contribution in [-0.4, -0.2) is 27.8 Å². The number of carbonyl (C=O) groups is 2. The van der Waals surface area contributed by atoms with Crippen molar-refractivity contribution >= 4 is 40.1 Å². The number of hydrogen-bond donors (Lipinski definition) is 3. The number of fused-ring (bicyclic) bond motifs is 1. The Labute approximate surface area is 226 Å². The summed E-state index contributed by atoms with van der Waals surface area (Å²) >= 11 is 5.92. The van der Waals surface area contributed by atoms with E-state index < -0.39 is 0 Å². The van der Waals surface area contributed by atoms with E-state index in [1.807, 2.05) is 30.3 Å². The van der Waals surface area contributed by atoms with E-state index in [4.69, 9.17) is 16.6 Å². The first-order chi connectivity index (χ1) is 18.5. The van der Waals surface area contributed by atoms with Gasteiger partial charge in [-0.2, -0.15) is 0 Å². The molecule has 1 heterocycles. The van der Waals surface area contributed by atoms with Crippen molar-refractivity contribution in [2.45, 2.75) is 38.1 Å². The van der Waals surface area contributed by atoms with Gasteiger partial charge in [0.25, 0.3) is 11.8 Å². The van der Waals surface area contributed by atoms with Crippen LogP contribution in [0.2, 0.25) is 5.02 Å². The molecule has 7 heteroatoms. The van der Waals surface area contributed by atoms with Gasteiger partial charge in [-0.05, 0) is 110 Å². The predicted octanol–water partition coefficient (Wildman–Crippen LogP) is 6.69. The molecule has 0 radical (unpaired) electrons. The van der Waals surface area contributed by atoms with Crippen LogP contribution >= 0.6 is 11.6 Å². The van der Waals surface area contributed by atoms with Crippen molar-refractivity contribution in [3.05, 3.63) is 82.9 Å². The minimum atomic E-state index is -0.196. The van der Waals surface area contributed by atoms with Gasteiger partial charge >= 0.3 is 0 Å². The lowest BCUT2D eigenvalue weighted by atomic mass is 9.54. The summed E-state index contributed by atoms with van der Waals surface area (Å²) in [6, 6.07) is 20.3. The maximum absolute atomic E-state index is 13.2. The van der Waals surface area contributed by atoms with Crippen molar-refractivity contribution in [1.29, 1.82) is 0 Å². The SMILES string of the molecule is O=C(Nc1ccc(Cl)cc1)c1ccc(-c2nc3ccc(C(=O)NC4C5CC6CC(C5)CC4C6)cc3[nH]2)cc1. The van der Waals surface area contributed by atoms with Crippen LogP contribution in [0.4, 0.5) is 5.69 Å². The second-order valence-corrected chi connectivity index (χ2v) is 11.7. The Hall–Kier alpha value is -3.64. The third-order valence-corrected chi connectivity index (χ3v) is 9.04. The van der Waals surface area contributed by atoms with Gasteiger partial charge in [-0.3, -0.25) is 9.59 Å². The molecule has 0 unspecified atom stereocenters. The summed E-state index contributed by atoms with van der Waals surface area (Å²) in [5.74, 6) is 3.58. The Morgan fingerprint density at radius 1 is 0.789 bits per heavy atom. The number of benzene rings is 3.